The monoisotopic (exact) mass is 485 g/mol. The number of nitrogens with zero attached hydrogens (tertiary/aromatic N) is 1. The summed E-state index contributed by atoms with van der Waals surface area (Å²) in [6, 6.07) is 19.5. The highest BCUT2D eigenvalue weighted by Gasteiger charge is 2.12. The first-order valence-electron chi connectivity index (χ1n) is 9.86. The van der Waals surface area contributed by atoms with Gasteiger partial charge in [-0.05, 0) is 47.5 Å². The molecule has 170 valence electrons. The largest absolute Gasteiger partial charge is 0.497 e. The summed E-state index contributed by atoms with van der Waals surface area (Å²) in [6.45, 7) is 0.465. The molecule has 0 unspecified atom stereocenters. The predicted octanol–water partition coefficient (Wildman–Crippen LogP) is 4.35. The molecular weight excluding hydrogens is 465 g/mol. The number of nitrogens with one attached hydrogen (secondary N) is 2. The van der Waals surface area contributed by atoms with E-state index in [0.717, 1.165) is 11.1 Å². The third kappa shape index (κ3) is 7.24. The van der Waals surface area contributed by atoms with Crippen LogP contribution < -0.4 is 20.2 Å². The van der Waals surface area contributed by atoms with Crippen molar-refractivity contribution in [2.24, 2.45) is 5.10 Å². The van der Waals surface area contributed by atoms with Crippen molar-refractivity contribution in [2.45, 2.75) is 13.2 Å². The number of rotatable bonds is 8. The number of methoxy groups -OCH3 is 1. The predicted molar refractivity (Wildman–Crippen MR) is 128 cm³/mol. The lowest BCUT2D eigenvalue weighted by molar-refractivity contribution is -0.139. The molecule has 7 nitrogen and oxygen atoms in total. The highest BCUT2D eigenvalue weighted by Crippen LogP contribution is 2.24. The SMILES string of the molecule is COc1ccc(CNC(=O)C(=O)N/N=C\c2ccccc2OCc2ccc(Cl)c(Cl)c2)cc1. The maximum Gasteiger partial charge on any atom is 0.329 e. The van der Waals surface area contributed by atoms with Crippen molar-refractivity contribution >= 4 is 41.2 Å². The lowest BCUT2D eigenvalue weighted by Crippen LogP contribution is -2.37. The smallest absolute Gasteiger partial charge is 0.329 e. The summed E-state index contributed by atoms with van der Waals surface area (Å²) in [6.07, 6.45) is 1.40. The van der Waals surface area contributed by atoms with E-state index in [1.54, 1.807) is 61.7 Å². The summed E-state index contributed by atoms with van der Waals surface area (Å²) in [5.74, 6) is -0.426. The quantitative estimate of drug-likeness (QED) is 0.282. The number of hydrogen-bond donors (Lipinski definition) is 2. The van der Waals surface area contributed by atoms with Gasteiger partial charge in [0.1, 0.15) is 18.1 Å². The second-order valence-electron chi connectivity index (χ2n) is 6.80. The van der Waals surface area contributed by atoms with E-state index >= 15 is 0 Å². The van der Waals surface area contributed by atoms with Crippen molar-refractivity contribution in [1.82, 2.24) is 10.7 Å². The Bertz CT molecular complexity index is 1150. The molecule has 3 aromatic rings. The first-order chi connectivity index (χ1) is 16.0. The summed E-state index contributed by atoms with van der Waals surface area (Å²) in [5, 5.41) is 7.31. The van der Waals surface area contributed by atoms with Gasteiger partial charge in [-0.3, -0.25) is 9.59 Å². The number of para-hydroxylation sites is 1. The number of hydrogen-bond acceptors (Lipinski definition) is 5. The van der Waals surface area contributed by atoms with Crippen LogP contribution in [0, 0.1) is 0 Å². The molecule has 0 saturated carbocycles. The van der Waals surface area contributed by atoms with Crippen molar-refractivity contribution in [3.8, 4) is 11.5 Å². The number of halogens is 2. The molecule has 3 aromatic carbocycles. The number of benzene rings is 3. The molecule has 0 bridgehead atoms. The van der Waals surface area contributed by atoms with E-state index in [4.69, 9.17) is 32.7 Å². The van der Waals surface area contributed by atoms with Gasteiger partial charge in [0.25, 0.3) is 0 Å². The molecule has 33 heavy (non-hydrogen) atoms. The standard InChI is InChI=1S/C24H21Cl2N3O4/c1-32-19-9-6-16(7-10-19)13-27-23(30)24(31)29-28-14-18-4-2-3-5-22(18)33-15-17-8-11-20(25)21(26)12-17/h2-12,14H,13,15H2,1H3,(H,27,30)(H,29,31)/b28-14-. The molecular formula is C24H21Cl2N3O4. The van der Waals surface area contributed by atoms with E-state index in [9.17, 15) is 9.59 Å². The number of carbonyl (C=O) groups excluding carboxylic acids is 2. The van der Waals surface area contributed by atoms with Gasteiger partial charge < -0.3 is 14.8 Å². The highest BCUT2D eigenvalue weighted by atomic mass is 35.5. The van der Waals surface area contributed by atoms with E-state index in [-0.39, 0.29) is 13.2 Å². The van der Waals surface area contributed by atoms with E-state index in [0.29, 0.717) is 27.1 Å². The zero-order chi connectivity index (χ0) is 23.6. The molecule has 0 aromatic heterocycles. The lowest BCUT2D eigenvalue weighted by atomic mass is 10.2. The third-order valence-electron chi connectivity index (χ3n) is 4.49. The first kappa shape index (κ1) is 24.1. The van der Waals surface area contributed by atoms with Crippen molar-refractivity contribution in [2.75, 3.05) is 7.11 Å². The highest BCUT2D eigenvalue weighted by molar-refractivity contribution is 6.42. The van der Waals surface area contributed by atoms with Crippen LogP contribution in [0.15, 0.2) is 71.8 Å². The Hall–Kier alpha value is -3.55. The minimum Gasteiger partial charge on any atom is -0.497 e. The zero-order valence-corrected chi connectivity index (χ0v) is 19.2. The maximum absolute atomic E-state index is 12.0. The molecule has 0 atom stereocenters. The molecule has 2 N–H and O–H groups in total. The fourth-order valence-electron chi connectivity index (χ4n) is 2.73. The summed E-state index contributed by atoms with van der Waals surface area (Å²) in [7, 11) is 1.57. The summed E-state index contributed by atoms with van der Waals surface area (Å²) in [5.41, 5.74) is 4.51. The van der Waals surface area contributed by atoms with Gasteiger partial charge in [-0.2, -0.15) is 5.10 Å². The van der Waals surface area contributed by atoms with Gasteiger partial charge in [0.2, 0.25) is 0 Å². The molecule has 0 fully saturated rings. The first-order valence-corrected chi connectivity index (χ1v) is 10.6. The molecule has 0 spiro atoms. The summed E-state index contributed by atoms with van der Waals surface area (Å²) >= 11 is 12.0. The molecule has 0 aliphatic rings. The van der Waals surface area contributed by atoms with Crippen molar-refractivity contribution in [1.29, 1.82) is 0 Å². The van der Waals surface area contributed by atoms with Crippen molar-refractivity contribution in [3.05, 3.63) is 93.5 Å². The molecule has 9 heteroatoms. The fraction of sp³-hybridized carbons (Fsp3) is 0.125. The molecule has 2 amide bonds. The summed E-state index contributed by atoms with van der Waals surface area (Å²) in [4.78, 5) is 24.0. The van der Waals surface area contributed by atoms with Gasteiger partial charge in [0.15, 0.2) is 0 Å². The zero-order valence-electron chi connectivity index (χ0n) is 17.7. The molecule has 3 rings (SSSR count). The Morgan fingerprint density at radius 2 is 1.67 bits per heavy atom. The molecule has 0 radical (unpaired) electrons. The topological polar surface area (TPSA) is 89.0 Å². The minimum atomic E-state index is -0.881. The second kappa shape index (κ2) is 11.9. The number of carbonyl (C=O) groups is 2. The van der Waals surface area contributed by atoms with Crippen LogP contribution in [0.4, 0.5) is 0 Å². The van der Waals surface area contributed by atoms with Crippen LogP contribution in [-0.4, -0.2) is 25.1 Å². The van der Waals surface area contributed by atoms with Crippen LogP contribution in [0.3, 0.4) is 0 Å². The van der Waals surface area contributed by atoms with Crippen LogP contribution in [0.2, 0.25) is 10.0 Å². The fourth-order valence-corrected chi connectivity index (χ4v) is 3.05. The van der Waals surface area contributed by atoms with Gasteiger partial charge in [-0.25, -0.2) is 5.43 Å². The van der Waals surface area contributed by atoms with Crippen molar-refractivity contribution in [3.63, 3.8) is 0 Å². The normalized spacial score (nSPS) is 10.6. The Morgan fingerprint density at radius 1 is 0.939 bits per heavy atom. The molecule has 0 saturated heterocycles. The Kier molecular flexibility index (Phi) is 8.69. The van der Waals surface area contributed by atoms with Crippen LogP contribution in [0.25, 0.3) is 0 Å². The van der Waals surface area contributed by atoms with Gasteiger partial charge in [-0.15, -0.1) is 0 Å². The van der Waals surface area contributed by atoms with Gasteiger partial charge >= 0.3 is 11.8 Å². The Morgan fingerprint density at radius 3 is 2.39 bits per heavy atom. The van der Waals surface area contributed by atoms with Crippen LogP contribution >= 0.6 is 23.2 Å². The van der Waals surface area contributed by atoms with E-state index < -0.39 is 11.8 Å². The summed E-state index contributed by atoms with van der Waals surface area (Å²) < 4.78 is 10.9. The maximum atomic E-state index is 12.0. The Labute approximate surface area is 201 Å². The number of ether oxygens (including phenoxy) is 2. The molecule has 0 heterocycles. The Balaban J connectivity index is 1.52. The van der Waals surface area contributed by atoms with Gasteiger partial charge in [-0.1, -0.05) is 53.5 Å². The van der Waals surface area contributed by atoms with E-state index in [2.05, 4.69) is 15.8 Å². The second-order valence-corrected chi connectivity index (χ2v) is 7.62. The average molecular weight is 486 g/mol. The van der Waals surface area contributed by atoms with Crippen LogP contribution in [0.5, 0.6) is 11.5 Å². The van der Waals surface area contributed by atoms with Gasteiger partial charge in [0, 0.05) is 12.1 Å². The number of amides is 2. The average Bonchev–Trinajstić information content (AvgIpc) is 2.84. The van der Waals surface area contributed by atoms with Gasteiger partial charge in [0.05, 0.1) is 23.4 Å². The molecule has 0 aliphatic carbocycles. The number of hydrazone groups is 1. The van der Waals surface area contributed by atoms with Crippen LogP contribution in [0.1, 0.15) is 16.7 Å². The van der Waals surface area contributed by atoms with E-state index in [1.165, 1.54) is 6.21 Å². The third-order valence-corrected chi connectivity index (χ3v) is 5.22. The van der Waals surface area contributed by atoms with E-state index in [1.807, 2.05) is 12.1 Å². The molecule has 0 aliphatic heterocycles. The van der Waals surface area contributed by atoms with Crippen LogP contribution in [-0.2, 0) is 22.7 Å². The lowest BCUT2D eigenvalue weighted by Gasteiger charge is -2.09. The minimum absolute atomic E-state index is 0.200. The van der Waals surface area contributed by atoms with Crippen molar-refractivity contribution < 1.29 is 19.1 Å².